The van der Waals surface area contributed by atoms with Crippen LogP contribution < -0.4 is 20.3 Å². The molecule has 4 rings (SSSR count). The molecular formula is C20H22N6O. The second kappa shape index (κ2) is 7.90. The van der Waals surface area contributed by atoms with E-state index in [0.717, 1.165) is 30.2 Å². The van der Waals surface area contributed by atoms with Crippen molar-refractivity contribution in [2.24, 2.45) is 0 Å². The summed E-state index contributed by atoms with van der Waals surface area (Å²) in [6.07, 6.45) is 4.15. The molecule has 1 aromatic heterocycles. The Morgan fingerprint density at radius 1 is 0.963 bits per heavy atom. The summed E-state index contributed by atoms with van der Waals surface area (Å²) in [5, 5.41) is 14.5. The first-order valence-electron chi connectivity index (χ1n) is 9.03. The second-order valence-corrected chi connectivity index (χ2v) is 6.39. The average molecular weight is 362 g/mol. The highest BCUT2D eigenvalue weighted by Gasteiger charge is 2.12. The van der Waals surface area contributed by atoms with Crippen LogP contribution in [-0.2, 0) is 0 Å². The normalized spacial score (nSPS) is 13.4. The SMILES string of the molecule is COc1cccc(Nc2nncc(Nc3ccc(N4CCCC4)cc3)n2)c1. The third-order valence-corrected chi connectivity index (χ3v) is 4.50. The molecule has 0 spiro atoms. The van der Waals surface area contributed by atoms with Crippen molar-refractivity contribution in [3.63, 3.8) is 0 Å². The van der Waals surface area contributed by atoms with Crippen molar-refractivity contribution in [3.05, 3.63) is 54.7 Å². The first kappa shape index (κ1) is 17.1. The van der Waals surface area contributed by atoms with Crippen molar-refractivity contribution in [2.75, 3.05) is 35.7 Å². The molecule has 3 aromatic rings. The van der Waals surface area contributed by atoms with Gasteiger partial charge < -0.3 is 20.3 Å². The fraction of sp³-hybridized carbons (Fsp3) is 0.250. The summed E-state index contributed by atoms with van der Waals surface area (Å²) in [5.74, 6) is 1.81. The fourth-order valence-corrected chi connectivity index (χ4v) is 3.13. The Bertz CT molecular complexity index is 893. The van der Waals surface area contributed by atoms with Gasteiger partial charge in [-0.25, -0.2) is 0 Å². The van der Waals surface area contributed by atoms with Gasteiger partial charge in [0.05, 0.1) is 13.3 Å². The van der Waals surface area contributed by atoms with Crippen LogP contribution in [-0.4, -0.2) is 35.4 Å². The summed E-state index contributed by atoms with van der Waals surface area (Å²) in [7, 11) is 1.64. The molecule has 0 atom stereocenters. The van der Waals surface area contributed by atoms with E-state index in [2.05, 4.69) is 55.0 Å². The van der Waals surface area contributed by atoms with E-state index in [1.54, 1.807) is 13.3 Å². The molecule has 2 aromatic carbocycles. The molecule has 2 heterocycles. The fourth-order valence-electron chi connectivity index (χ4n) is 3.13. The minimum atomic E-state index is 0.418. The Morgan fingerprint density at radius 3 is 2.56 bits per heavy atom. The second-order valence-electron chi connectivity index (χ2n) is 6.39. The molecule has 0 bridgehead atoms. The Morgan fingerprint density at radius 2 is 1.78 bits per heavy atom. The van der Waals surface area contributed by atoms with Gasteiger partial charge in [0.25, 0.3) is 0 Å². The molecule has 0 aliphatic carbocycles. The van der Waals surface area contributed by atoms with Crippen LogP contribution in [0.15, 0.2) is 54.7 Å². The maximum absolute atomic E-state index is 5.23. The van der Waals surface area contributed by atoms with Crippen LogP contribution in [0.3, 0.4) is 0 Å². The lowest BCUT2D eigenvalue weighted by Crippen LogP contribution is -2.17. The number of anilines is 5. The molecule has 2 N–H and O–H groups in total. The minimum Gasteiger partial charge on any atom is -0.497 e. The Hall–Kier alpha value is -3.35. The number of methoxy groups -OCH3 is 1. The molecule has 7 nitrogen and oxygen atoms in total. The Kier molecular flexibility index (Phi) is 5.00. The summed E-state index contributed by atoms with van der Waals surface area (Å²) < 4.78 is 5.23. The molecule has 7 heteroatoms. The van der Waals surface area contributed by atoms with Gasteiger partial charge in [0.2, 0.25) is 5.95 Å². The lowest BCUT2D eigenvalue weighted by molar-refractivity contribution is 0.415. The maximum Gasteiger partial charge on any atom is 0.249 e. The van der Waals surface area contributed by atoms with Gasteiger partial charge in [0.1, 0.15) is 5.75 Å². The van der Waals surface area contributed by atoms with Crippen molar-refractivity contribution in [2.45, 2.75) is 12.8 Å². The quantitative estimate of drug-likeness (QED) is 0.687. The highest BCUT2D eigenvalue weighted by atomic mass is 16.5. The van der Waals surface area contributed by atoms with E-state index in [0.29, 0.717) is 11.8 Å². The van der Waals surface area contributed by atoms with Crippen molar-refractivity contribution in [1.82, 2.24) is 15.2 Å². The van der Waals surface area contributed by atoms with E-state index in [-0.39, 0.29) is 0 Å². The van der Waals surface area contributed by atoms with E-state index < -0.39 is 0 Å². The molecular weight excluding hydrogens is 340 g/mol. The number of ether oxygens (including phenoxy) is 1. The molecule has 0 radical (unpaired) electrons. The molecule has 1 aliphatic rings. The largest absolute Gasteiger partial charge is 0.497 e. The zero-order valence-corrected chi connectivity index (χ0v) is 15.2. The number of benzene rings is 2. The van der Waals surface area contributed by atoms with Crippen LogP contribution in [0.4, 0.5) is 28.8 Å². The lowest BCUT2D eigenvalue weighted by Gasteiger charge is -2.17. The van der Waals surface area contributed by atoms with E-state index >= 15 is 0 Å². The van der Waals surface area contributed by atoms with Crippen LogP contribution in [0.5, 0.6) is 5.75 Å². The number of rotatable bonds is 6. The smallest absolute Gasteiger partial charge is 0.249 e. The molecule has 138 valence electrons. The summed E-state index contributed by atoms with van der Waals surface area (Å²) >= 11 is 0. The van der Waals surface area contributed by atoms with Gasteiger partial charge in [-0.2, -0.15) is 10.1 Å². The van der Waals surface area contributed by atoms with Crippen LogP contribution >= 0.6 is 0 Å². The van der Waals surface area contributed by atoms with E-state index in [4.69, 9.17) is 4.74 Å². The molecule has 1 aliphatic heterocycles. The van der Waals surface area contributed by atoms with Crippen LogP contribution in [0.1, 0.15) is 12.8 Å². The summed E-state index contributed by atoms with van der Waals surface area (Å²) in [6.45, 7) is 2.28. The number of hydrogen-bond donors (Lipinski definition) is 2. The van der Waals surface area contributed by atoms with E-state index in [1.165, 1.54) is 18.5 Å². The number of nitrogens with zero attached hydrogens (tertiary/aromatic N) is 4. The first-order chi connectivity index (χ1) is 13.3. The van der Waals surface area contributed by atoms with Gasteiger partial charge >= 0.3 is 0 Å². The summed E-state index contributed by atoms with van der Waals surface area (Å²) in [4.78, 5) is 6.88. The molecule has 27 heavy (non-hydrogen) atoms. The third kappa shape index (κ3) is 4.25. The van der Waals surface area contributed by atoms with Crippen molar-refractivity contribution >= 4 is 28.8 Å². The lowest BCUT2D eigenvalue weighted by atomic mass is 10.2. The first-order valence-corrected chi connectivity index (χ1v) is 9.03. The minimum absolute atomic E-state index is 0.418. The third-order valence-electron chi connectivity index (χ3n) is 4.50. The number of nitrogens with one attached hydrogen (secondary N) is 2. The number of aromatic nitrogens is 3. The van der Waals surface area contributed by atoms with Crippen molar-refractivity contribution in [3.8, 4) is 5.75 Å². The summed E-state index contributed by atoms with van der Waals surface area (Å²) in [6, 6.07) is 16.0. The molecule has 0 saturated carbocycles. The molecule has 0 unspecified atom stereocenters. The monoisotopic (exact) mass is 362 g/mol. The zero-order chi connectivity index (χ0) is 18.5. The van der Waals surface area contributed by atoms with Gasteiger partial charge in [-0.05, 0) is 49.2 Å². The topological polar surface area (TPSA) is 75.2 Å². The van der Waals surface area contributed by atoms with Gasteiger partial charge in [0, 0.05) is 36.2 Å². The van der Waals surface area contributed by atoms with Crippen molar-refractivity contribution < 1.29 is 4.74 Å². The molecule has 1 saturated heterocycles. The highest BCUT2D eigenvalue weighted by Crippen LogP contribution is 2.24. The Balaban J connectivity index is 1.44. The predicted molar refractivity (Wildman–Crippen MR) is 107 cm³/mol. The molecule has 0 amide bonds. The van der Waals surface area contributed by atoms with E-state index in [9.17, 15) is 0 Å². The van der Waals surface area contributed by atoms with Crippen LogP contribution in [0.25, 0.3) is 0 Å². The van der Waals surface area contributed by atoms with Gasteiger partial charge in [-0.3, -0.25) is 0 Å². The standard InChI is InChI=1S/C20H22N6O/c1-27-18-6-4-5-16(13-18)23-20-24-19(14-21-25-20)22-15-7-9-17(10-8-15)26-11-2-3-12-26/h4-10,13-14H,2-3,11-12H2,1H3,(H2,22,23,24,25). The van der Waals surface area contributed by atoms with Gasteiger partial charge in [0.15, 0.2) is 5.82 Å². The maximum atomic E-state index is 5.23. The van der Waals surface area contributed by atoms with Gasteiger partial charge in [-0.1, -0.05) is 6.07 Å². The predicted octanol–water partition coefficient (Wildman–Crippen LogP) is 3.97. The average Bonchev–Trinajstić information content (AvgIpc) is 3.24. The van der Waals surface area contributed by atoms with E-state index in [1.807, 2.05) is 24.3 Å². The molecule has 1 fully saturated rings. The zero-order valence-electron chi connectivity index (χ0n) is 15.2. The van der Waals surface area contributed by atoms with Crippen LogP contribution in [0, 0.1) is 0 Å². The summed E-state index contributed by atoms with van der Waals surface area (Å²) in [5.41, 5.74) is 3.06. The Labute approximate surface area is 158 Å². The van der Waals surface area contributed by atoms with Gasteiger partial charge in [-0.15, -0.1) is 5.10 Å². The number of hydrogen-bond acceptors (Lipinski definition) is 7. The van der Waals surface area contributed by atoms with Crippen LogP contribution in [0.2, 0.25) is 0 Å². The highest BCUT2D eigenvalue weighted by molar-refractivity contribution is 5.62. The van der Waals surface area contributed by atoms with Crippen molar-refractivity contribution in [1.29, 1.82) is 0 Å².